The van der Waals surface area contributed by atoms with Crippen molar-refractivity contribution in [3.63, 3.8) is 0 Å². The number of hydrogen-bond acceptors (Lipinski definition) is 4. The summed E-state index contributed by atoms with van der Waals surface area (Å²) in [7, 11) is 2.12. The van der Waals surface area contributed by atoms with Crippen molar-refractivity contribution in [3.05, 3.63) is 22.9 Å². The molecule has 0 radical (unpaired) electrons. The Hall–Kier alpha value is -1.13. The fourth-order valence-corrected chi connectivity index (χ4v) is 3.35. The molecule has 0 bridgehead atoms. The highest BCUT2D eigenvalue weighted by Gasteiger charge is 2.30. The summed E-state index contributed by atoms with van der Waals surface area (Å²) < 4.78 is 5.67. The monoisotopic (exact) mass is 261 g/mol. The molecule has 19 heavy (non-hydrogen) atoms. The van der Waals surface area contributed by atoms with Crippen LogP contribution in [-0.2, 0) is 24.1 Å². The van der Waals surface area contributed by atoms with Gasteiger partial charge in [-0.05, 0) is 44.2 Å². The molecule has 2 aliphatic rings. The van der Waals surface area contributed by atoms with Crippen LogP contribution in [0.15, 0.2) is 6.07 Å². The van der Waals surface area contributed by atoms with E-state index in [0.29, 0.717) is 12.6 Å². The number of rotatable bonds is 3. The second kappa shape index (κ2) is 5.10. The first-order valence-electron chi connectivity index (χ1n) is 7.27. The van der Waals surface area contributed by atoms with Crippen LogP contribution in [0.25, 0.3) is 0 Å². The summed E-state index contributed by atoms with van der Waals surface area (Å²) in [6.07, 6.45) is 4.83. The molecule has 1 aromatic rings. The molecule has 0 aromatic carbocycles. The van der Waals surface area contributed by atoms with E-state index in [0.717, 1.165) is 31.7 Å². The van der Waals surface area contributed by atoms with E-state index in [1.54, 1.807) is 0 Å². The van der Waals surface area contributed by atoms with E-state index in [1.807, 2.05) is 0 Å². The number of likely N-dealkylation sites (N-methyl/N-ethyl adjacent to an activating group) is 1. The fourth-order valence-electron chi connectivity index (χ4n) is 3.35. The molecule has 1 saturated heterocycles. The number of nitrogens with two attached hydrogens (primary N) is 1. The molecule has 4 heteroatoms. The summed E-state index contributed by atoms with van der Waals surface area (Å²) in [5, 5.41) is 0. The number of hydrogen-bond donors (Lipinski definition) is 1. The first-order chi connectivity index (χ1) is 9.20. The van der Waals surface area contributed by atoms with E-state index >= 15 is 0 Å². The molecule has 0 amide bonds. The van der Waals surface area contributed by atoms with Gasteiger partial charge >= 0.3 is 0 Å². The summed E-state index contributed by atoms with van der Waals surface area (Å²) in [4.78, 5) is 7.17. The van der Waals surface area contributed by atoms with Crippen LogP contribution in [0.1, 0.15) is 36.6 Å². The van der Waals surface area contributed by atoms with Crippen LogP contribution in [0.3, 0.4) is 0 Å². The molecular weight excluding hydrogens is 238 g/mol. The molecule has 0 spiro atoms. The van der Waals surface area contributed by atoms with Gasteiger partial charge in [-0.3, -0.25) is 0 Å². The Labute approximate surface area is 115 Å². The third-order valence-corrected chi connectivity index (χ3v) is 4.49. The lowest BCUT2D eigenvalue weighted by molar-refractivity contribution is 0.118. The zero-order valence-corrected chi connectivity index (χ0v) is 11.9. The number of aromatic nitrogens is 1. The fraction of sp³-hybridized carbons (Fsp3) is 0.667. The maximum atomic E-state index is 5.92. The largest absolute Gasteiger partial charge is 0.376 e. The molecule has 2 heterocycles. The van der Waals surface area contributed by atoms with E-state index in [1.165, 1.54) is 23.2 Å². The average Bonchev–Trinajstić information content (AvgIpc) is 3.04. The molecule has 2 atom stereocenters. The SMILES string of the molecule is CC1OCCC1N(C)c1nc2c(cc1CN)CCC2. The minimum atomic E-state index is 0.269. The lowest BCUT2D eigenvalue weighted by atomic mass is 10.1. The molecule has 1 fully saturated rings. The Morgan fingerprint density at radius 3 is 3.00 bits per heavy atom. The quantitative estimate of drug-likeness (QED) is 0.898. The molecule has 3 rings (SSSR count). The summed E-state index contributed by atoms with van der Waals surface area (Å²) in [6.45, 7) is 3.55. The van der Waals surface area contributed by atoms with Crippen molar-refractivity contribution in [3.8, 4) is 0 Å². The number of fused-ring (bicyclic) bond motifs is 1. The highest BCUT2D eigenvalue weighted by molar-refractivity contribution is 5.51. The van der Waals surface area contributed by atoms with Crippen LogP contribution in [0.5, 0.6) is 0 Å². The third kappa shape index (κ3) is 2.23. The number of pyridine rings is 1. The summed E-state index contributed by atoms with van der Waals surface area (Å²) in [6, 6.07) is 2.68. The highest BCUT2D eigenvalue weighted by Crippen LogP contribution is 2.30. The molecule has 2 unspecified atom stereocenters. The van der Waals surface area contributed by atoms with E-state index < -0.39 is 0 Å². The second-order valence-electron chi connectivity index (χ2n) is 5.68. The van der Waals surface area contributed by atoms with Gasteiger partial charge in [-0.15, -0.1) is 0 Å². The van der Waals surface area contributed by atoms with E-state index in [4.69, 9.17) is 15.5 Å². The minimum Gasteiger partial charge on any atom is -0.376 e. The van der Waals surface area contributed by atoms with Gasteiger partial charge < -0.3 is 15.4 Å². The summed E-state index contributed by atoms with van der Waals surface area (Å²) >= 11 is 0. The Morgan fingerprint density at radius 2 is 2.32 bits per heavy atom. The van der Waals surface area contributed by atoms with Crippen LogP contribution in [0, 0.1) is 0 Å². The molecule has 0 saturated carbocycles. The normalized spacial score (nSPS) is 25.6. The van der Waals surface area contributed by atoms with E-state index in [-0.39, 0.29) is 6.10 Å². The minimum absolute atomic E-state index is 0.269. The predicted octanol–water partition coefficient (Wildman–Crippen LogP) is 1.64. The van der Waals surface area contributed by atoms with Gasteiger partial charge in [0.2, 0.25) is 0 Å². The zero-order valence-electron chi connectivity index (χ0n) is 11.9. The molecular formula is C15H23N3O. The topological polar surface area (TPSA) is 51.4 Å². The Balaban J connectivity index is 1.94. The summed E-state index contributed by atoms with van der Waals surface area (Å²) in [5.74, 6) is 1.06. The first kappa shape index (κ1) is 12.9. The van der Waals surface area contributed by atoms with Gasteiger partial charge in [0, 0.05) is 31.5 Å². The molecule has 1 aliphatic carbocycles. The van der Waals surface area contributed by atoms with Gasteiger partial charge in [-0.25, -0.2) is 4.98 Å². The number of anilines is 1. The smallest absolute Gasteiger partial charge is 0.133 e. The first-order valence-corrected chi connectivity index (χ1v) is 7.27. The van der Waals surface area contributed by atoms with Crippen LogP contribution >= 0.6 is 0 Å². The van der Waals surface area contributed by atoms with Crippen molar-refractivity contribution in [2.45, 2.75) is 51.3 Å². The highest BCUT2D eigenvalue weighted by atomic mass is 16.5. The van der Waals surface area contributed by atoms with Crippen molar-refractivity contribution in [1.82, 2.24) is 4.98 Å². The van der Waals surface area contributed by atoms with Crippen LogP contribution in [0.2, 0.25) is 0 Å². The lowest BCUT2D eigenvalue weighted by Crippen LogP contribution is -2.38. The van der Waals surface area contributed by atoms with E-state index in [9.17, 15) is 0 Å². The Morgan fingerprint density at radius 1 is 1.47 bits per heavy atom. The van der Waals surface area contributed by atoms with Crippen molar-refractivity contribution < 1.29 is 4.74 Å². The number of ether oxygens (including phenoxy) is 1. The Kier molecular flexibility index (Phi) is 3.46. The van der Waals surface area contributed by atoms with Gasteiger partial charge in [-0.2, -0.15) is 0 Å². The summed E-state index contributed by atoms with van der Waals surface area (Å²) in [5.41, 5.74) is 9.75. The van der Waals surface area contributed by atoms with Crippen LogP contribution in [-0.4, -0.2) is 30.8 Å². The van der Waals surface area contributed by atoms with E-state index in [2.05, 4.69) is 24.9 Å². The molecule has 1 aliphatic heterocycles. The van der Waals surface area contributed by atoms with Gasteiger partial charge in [-0.1, -0.05) is 0 Å². The average molecular weight is 261 g/mol. The zero-order chi connectivity index (χ0) is 13.4. The van der Waals surface area contributed by atoms with Gasteiger partial charge in [0.25, 0.3) is 0 Å². The van der Waals surface area contributed by atoms with Crippen molar-refractivity contribution in [2.75, 3.05) is 18.6 Å². The molecule has 1 aromatic heterocycles. The van der Waals surface area contributed by atoms with Gasteiger partial charge in [0.05, 0.1) is 12.1 Å². The predicted molar refractivity (Wildman–Crippen MR) is 76.4 cm³/mol. The van der Waals surface area contributed by atoms with Crippen molar-refractivity contribution in [2.24, 2.45) is 5.73 Å². The maximum Gasteiger partial charge on any atom is 0.133 e. The Bertz CT molecular complexity index is 475. The second-order valence-corrected chi connectivity index (χ2v) is 5.68. The van der Waals surface area contributed by atoms with Crippen molar-refractivity contribution >= 4 is 5.82 Å². The van der Waals surface area contributed by atoms with Gasteiger partial charge in [0.15, 0.2) is 0 Å². The molecule has 4 nitrogen and oxygen atoms in total. The standard InChI is InChI=1S/C15H23N3O/c1-10-14(6-7-19-10)18(2)15-12(9-16)8-11-4-3-5-13(11)17-15/h8,10,14H,3-7,9,16H2,1-2H3. The van der Waals surface area contributed by atoms with Crippen molar-refractivity contribution in [1.29, 1.82) is 0 Å². The third-order valence-electron chi connectivity index (χ3n) is 4.49. The van der Waals surface area contributed by atoms with Crippen LogP contribution < -0.4 is 10.6 Å². The number of nitrogens with zero attached hydrogens (tertiary/aromatic N) is 2. The van der Waals surface area contributed by atoms with Crippen LogP contribution in [0.4, 0.5) is 5.82 Å². The molecule has 104 valence electrons. The number of aryl methyl sites for hydroxylation is 2. The van der Waals surface area contributed by atoms with Gasteiger partial charge in [0.1, 0.15) is 5.82 Å². The lowest BCUT2D eigenvalue weighted by Gasteiger charge is -2.29. The maximum absolute atomic E-state index is 5.92. The molecule has 2 N–H and O–H groups in total.